The van der Waals surface area contributed by atoms with Crippen LogP contribution < -0.4 is 16.0 Å². The molecule has 1 saturated carbocycles. The van der Waals surface area contributed by atoms with Crippen LogP contribution in [0.5, 0.6) is 0 Å². The molecular formula is C45H74N4O7. The number of benzene rings is 1. The van der Waals surface area contributed by atoms with Crippen molar-refractivity contribution in [2.45, 2.75) is 157 Å². The number of Topliss-reactive ketones (excluding diaryl/α,β-unsaturated/α-hetero) is 3. The summed E-state index contributed by atoms with van der Waals surface area (Å²) in [6.07, 6.45) is 7.00. The molecular weight excluding hydrogens is 709 g/mol. The topological polar surface area (TPSA) is 162 Å². The van der Waals surface area contributed by atoms with E-state index in [-0.39, 0.29) is 60.3 Å². The highest BCUT2D eigenvalue weighted by atomic mass is 16.3. The van der Waals surface area contributed by atoms with Crippen molar-refractivity contribution in [1.82, 2.24) is 20.9 Å². The van der Waals surface area contributed by atoms with E-state index in [1.807, 2.05) is 44.2 Å². The van der Waals surface area contributed by atoms with Crippen LogP contribution >= 0.6 is 0 Å². The van der Waals surface area contributed by atoms with Crippen molar-refractivity contribution in [3.8, 4) is 0 Å². The van der Waals surface area contributed by atoms with Crippen molar-refractivity contribution < 1.29 is 33.9 Å². The third kappa shape index (κ3) is 18.2. The molecule has 0 aliphatic heterocycles. The molecule has 1 aromatic carbocycles. The first-order chi connectivity index (χ1) is 26.7. The van der Waals surface area contributed by atoms with Crippen molar-refractivity contribution in [3.63, 3.8) is 0 Å². The van der Waals surface area contributed by atoms with Crippen LogP contribution in [0.4, 0.5) is 0 Å². The molecule has 0 radical (unpaired) electrons. The lowest BCUT2D eigenvalue weighted by Crippen LogP contribution is -2.48. The fraction of sp³-hybridized carbons (Fsp3) is 0.733. The number of aliphatic hydroxyl groups is 1. The predicted octanol–water partition coefficient (Wildman–Crippen LogP) is 5.99. The first-order valence-corrected chi connectivity index (χ1v) is 21.6. The molecule has 0 aromatic heterocycles. The van der Waals surface area contributed by atoms with Gasteiger partial charge in [-0.25, -0.2) is 0 Å². The SMILES string of the molecule is CCNC(=O)C(CC(=O)[C@H](CCCCN(CC)CC)NC(=O)C(CC(=O)[C@H](C)NC(=O)C(CC(=O)CC(C)C)Cc1ccccc1)CC1CCCCC1)[C@@H](C)O. The highest BCUT2D eigenvalue weighted by Crippen LogP contribution is 2.31. The molecule has 2 rings (SSSR count). The smallest absolute Gasteiger partial charge is 0.226 e. The summed E-state index contributed by atoms with van der Waals surface area (Å²) in [5.74, 6) is -3.62. The molecule has 1 fully saturated rings. The lowest BCUT2D eigenvalue weighted by atomic mass is 9.80. The van der Waals surface area contributed by atoms with Gasteiger partial charge in [0.15, 0.2) is 11.6 Å². The zero-order valence-corrected chi connectivity index (χ0v) is 35.6. The maximum Gasteiger partial charge on any atom is 0.226 e. The number of nitrogens with one attached hydrogen (secondary N) is 3. The molecule has 4 N–H and O–H groups in total. The largest absolute Gasteiger partial charge is 0.393 e. The average Bonchev–Trinajstić information content (AvgIpc) is 3.16. The number of carbonyl (C=O) groups excluding carboxylic acids is 6. The van der Waals surface area contributed by atoms with E-state index in [0.29, 0.717) is 38.6 Å². The Kier molecular flexibility index (Phi) is 23.0. The van der Waals surface area contributed by atoms with Crippen molar-refractivity contribution in [2.24, 2.45) is 29.6 Å². The van der Waals surface area contributed by atoms with Gasteiger partial charge in [-0.1, -0.05) is 90.1 Å². The Labute approximate surface area is 337 Å². The summed E-state index contributed by atoms with van der Waals surface area (Å²) in [5, 5.41) is 19.0. The molecule has 6 atom stereocenters. The normalized spacial score (nSPS) is 16.7. The van der Waals surface area contributed by atoms with Crippen LogP contribution in [-0.2, 0) is 35.2 Å². The zero-order chi connectivity index (χ0) is 41.6. The molecule has 1 aliphatic carbocycles. The first kappa shape index (κ1) is 48.7. The second-order valence-corrected chi connectivity index (χ2v) is 16.6. The number of carbonyl (C=O) groups is 6. The quantitative estimate of drug-likeness (QED) is 0.0755. The van der Waals surface area contributed by atoms with Crippen molar-refractivity contribution in [1.29, 1.82) is 0 Å². The molecule has 1 aliphatic rings. The number of amides is 3. The van der Waals surface area contributed by atoms with E-state index in [0.717, 1.165) is 63.7 Å². The molecule has 3 unspecified atom stereocenters. The molecule has 3 amide bonds. The molecule has 316 valence electrons. The summed E-state index contributed by atoms with van der Waals surface area (Å²) in [4.78, 5) is 83.7. The second kappa shape index (κ2) is 26.5. The second-order valence-electron chi connectivity index (χ2n) is 16.6. The van der Waals surface area contributed by atoms with Gasteiger partial charge >= 0.3 is 0 Å². The minimum absolute atomic E-state index is 0.00203. The van der Waals surface area contributed by atoms with Crippen LogP contribution in [0.2, 0.25) is 0 Å². The maximum absolute atomic E-state index is 14.2. The van der Waals surface area contributed by atoms with E-state index < -0.39 is 41.8 Å². The average molecular weight is 783 g/mol. The van der Waals surface area contributed by atoms with Crippen LogP contribution in [0.1, 0.15) is 138 Å². The molecule has 0 spiro atoms. The number of ketones is 3. The van der Waals surface area contributed by atoms with E-state index in [9.17, 15) is 33.9 Å². The third-order valence-electron chi connectivity index (χ3n) is 11.3. The number of unbranched alkanes of at least 4 members (excludes halogenated alkanes) is 1. The minimum atomic E-state index is -1.06. The van der Waals surface area contributed by atoms with Crippen LogP contribution in [0, 0.1) is 29.6 Å². The van der Waals surface area contributed by atoms with E-state index in [4.69, 9.17) is 0 Å². The van der Waals surface area contributed by atoms with Gasteiger partial charge in [-0.2, -0.15) is 0 Å². The molecule has 0 heterocycles. The van der Waals surface area contributed by atoms with Gasteiger partial charge in [0.1, 0.15) is 5.78 Å². The van der Waals surface area contributed by atoms with Crippen LogP contribution in [-0.4, -0.2) is 89.4 Å². The summed E-state index contributed by atoms with van der Waals surface area (Å²) in [6, 6.07) is 7.76. The Morgan fingerprint density at radius 3 is 1.98 bits per heavy atom. The van der Waals surface area contributed by atoms with Crippen LogP contribution in [0.3, 0.4) is 0 Å². The van der Waals surface area contributed by atoms with Gasteiger partial charge < -0.3 is 26.0 Å². The summed E-state index contributed by atoms with van der Waals surface area (Å²) >= 11 is 0. The summed E-state index contributed by atoms with van der Waals surface area (Å²) in [7, 11) is 0. The first-order valence-electron chi connectivity index (χ1n) is 21.6. The third-order valence-corrected chi connectivity index (χ3v) is 11.3. The number of rotatable bonds is 28. The van der Waals surface area contributed by atoms with Gasteiger partial charge in [0.25, 0.3) is 0 Å². The molecule has 0 bridgehead atoms. The Balaban J connectivity index is 2.28. The summed E-state index contributed by atoms with van der Waals surface area (Å²) in [6.45, 7) is 16.1. The molecule has 0 saturated heterocycles. The van der Waals surface area contributed by atoms with Gasteiger partial charge in [-0.15, -0.1) is 0 Å². The minimum Gasteiger partial charge on any atom is -0.393 e. The number of aliphatic hydroxyl groups excluding tert-OH is 1. The van der Waals surface area contributed by atoms with E-state index in [1.54, 1.807) is 13.8 Å². The maximum atomic E-state index is 14.2. The summed E-state index contributed by atoms with van der Waals surface area (Å²) < 4.78 is 0. The highest BCUT2D eigenvalue weighted by Gasteiger charge is 2.34. The van der Waals surface area contributed by atoms with Crippen molar-refractivity contribution in [2.75, 3.05) is 26.2 Å². The van der Waals surface area contributed by atoms with Gasteiger partial charge in [-0.3, -0.25) is 28.8 Å². The zero-order valence-electron chi connectivity index (χ0n) is 35.6. The van der Waals surface area contributed by atoms with Crippen molar-refractivity contribution >= 4 is 35.1 Å². The van der Waals surface area contributed by atoms with Gasteiger partial charge in [-0.05, 0) is 89.9 Å². The lowest BCUT2D eigenvalue weighted by Gasteiger charge is -2.29. The van der Waals surface area contributed by atoms with E-state index in [2.05, 4.69) is 34.7 Å². The lowest BCUT2D eigenvalue weighted by molar-refractivity contribution is -0.136. The van der Waals surface area contributed by atoms with Crippen LogP contribution in [0.15, 0.2) is 30.3 Å². The van der Waals surface area contributed by atoms with Crippen LogP contribution in [0.25, 0.3) is 0 Å². The Morgan fingerprint density at radius 2 is 1.39 bits per heavy atom. The van der Waals surface area contributed by atoms with E-state index in [1.165, 1.54) is 6.92 Å². The number of hydrogen-bond acceptors (Lipinski definition) is 8. The van der Waals surface area contributed by atoms with E-state index >= 15 is 0 Å². The van der Waals surface area contributed by atoms with Gasteiger partial charge in [0.05, 0.1) is 24.1 Å². The molecule has 1 aromatic rings. The molecule has 11 heteroatoms. The monoisotopic (exact) mass is 783 g/mol. The number of hydrogen-bond donors (Lipinski definition) is 4. The predicted molar refractivity (Wildman–Crippen MR) is 222 cm³/mol. The fourth-order valence-electron chi connectivity index (χ4n) is 7.88. The summed E-state index contributed by atoms with van der Waals surface area (Å²) in [5.41, 5.74) is 0.927. The van der Waals surface area contributed by atoms with Gasteiger partial charge in [0, 0.05) is 44.1 Å². The number of nitrogens with zero attached hydrogens (tertiary/aromatic N) is 1. The van der Waals surface area contributed by atoms with Gasteiger partial charge in [0.2, 0.25) is 17.7 Å². The molecule has 11 nitrogen and oxygen atoms in total. The standard InChI is InChI=1S/C45H74N4O7/c1-8-46-45(56)39(33(7)50)30-42(53)40(23-17-18-24-49(9-2)10-3)48-44(55)37(27-35-21-15-12-16-22-35)29-41(52)32(6)47-43(54)36(28-38(51)25-31(4)5)26-34-19-13-11-14-20-34/h11,13-14,19-20,31-33,35-37,39-40,50H,8-10,12,15-18,21-30H2,1-7H3,(H,46,56)(H,47,54)(H,48,55)/t32-,33+,36?,37?,39?,40-/m0/s1. The highest BCUT2D eigenvalue weighted by molar-refractivity contribution is 5.96. The van der Waals surface area contributed by atoms with Crippen molar-refractivity contribution in [3.05, 3.63) is 35.9 Å². The molecule has 56 heavy (non-hydrogen) atoms. The Morgan fingerprint density at radius 1 is 0.750 bits per heavy atom. The Bertz CT molecular complexity index is 1360. The Hall–Kier alpha value is -3.44. The fourth-order valence-corrected chi connectivity index (χ4v) is 7.88.